The summed E-state index contributed by atoms with van der Waals surface area (Å²) in [4.78, 5) is 11.3. The largest absolute Gasteiger partial charge is 0.332 e. The number of amides is 2. The van der Waals surface area contributed by atoms with Gasteiger partial charge < -0.3 is 5.32 Å². The van der Waals surface area contributed by atoms with E-state index in [0.29, 0.717) is 0 Å². The zero-order valence-electron chi connectivity index (χ0n) is 11.2. The first-order chi connectivity index (χ1) is 9.41. The van der Waals surface area contributed by atoms with E-state index in [1.165, 1.54) is 18.4 Å². The van der Waals surface area contributed by atoms with E-state index in [4.69, 9.17) is 0 Å². The van der Waals surface area contributed by atoms with E-state index in [9.17, 15) is 13.2 Å². The van der Waals surface area contributed by atoms with Crippen LogP contribution in [0, 0.1) is 0 Å². The van der Waals surface area contributed by atoms with Crippen LogP contribution in [-0.4, -0.2) is 14.4 Å². The quantitative estimate of drug-likeness (QED) is 0.708. The van der Waals surface area contributed by atoms with E-state index in [2.05, 4.69) is 18.5 Å². The number of carbonyl (C=O) groups is 1. The molecule has 5 nitrogen and oxygen atoms in total. The summed E-state index contributed by atoms with van der Waals surface area (Å²) in [6.45, 7) is 8.77. The molecule has 2 N–H and O–H groups in total. The fourth-order valence-electron chi connectivity index (χ4n) is 0.877. The van der Waals surface area contributed by atoms with Crippen molar-refractivity contribution in [2.45, 2.75) is 6.92 Å². The van der Waals surface area contributed by atoms with Crippen LogP contribution in [0.1, 0.15) is 6.92 Å². The Bertz CT molecular complexity index is 567. The number of sulfonamides is 1. The summed E-state index contributed by atoms with van der Waals surface area (Å²) in [5.41, 5.74) is 0.804. The Morgan fingerprint density at radius 1 is 1.10 bits per heavy atom. The molecule has 0 spiro atoms. The Labute approximate surface area is 119 Å². The van der Waals surface area contributed by atoms with E-state index in [1.807, 2.05) is 4.72 Å². The first kappa shape index (κ1) is 17.7. The summed E-state index contributed by atoms with van der Waals surface area (Å²) < 4.78 is 24.8. The smallest absolute Gasteiger partial charge is 0.314 e. The molecule has 0 aromatic carbocycles. The van der Waals surface area contributed by atoms with E-state index in [-0.39, 0.29) is 0 Å². The molecule has 0 aliphatic heterocycles. The maximum Gasteiger partial charge on any atom is 0.332 e. The lowest BCUT2D eigenvalue weighted by molar-refractivity contribution is 0.249. The molecule has 2 amide bonds. The molecule has 0 bridgehead atoms. The van der Waals surface area contributed by atoms with Crippen molar-refractivity contribution >= 4 is 16.1 Å². The minimum absolute atomic E-state index is 0.804. The minimum atomic E-state index is -3.82. The topological polar surface area (TPSA) is 75.3 Å². The highest BCUT2D eigenvalue weighted by Gasteiger charge is 2.08. The van der Waals surface area contributed by atoms with Gasteiger partial charge in [-0.3, -0.25) is 0 Å². The van der Waals surface area contributed by atoms with Gasteiger partial charge in [0.2, 0.25) is 0 Å². The van der Waals surface area contributed by atoms with Gasteiger partial charge in [0.25, 0.3) is 10.0 Å². The molecule has 0 aliphatic rings. The lowest BCUT2D eigenvalue weighted by Crippen LogP contribution is -2.35. The lowest BCUT2D eigenvalue weighted by Gasteiger charge is -2.01. The van der Waals surface area contributed by atoms with Gasteiger partial charge in [0.15, 0.2) is 0 Å². The Morgan fingerprint density at radius 3 is 2.40 bits per heavy atom. The number of allylic oxidation sites excluding steroid dienone is 8. The molecule has 0 heterocycles. The maximum atomic E-state index is 11.5. The minimum Gasteiger partial charge on any atom is -0.314 e. The summed E-state index contributed by atoms with van der Waals surface area (Å²) in [7, 11) is -3.82. The van der Waals surface area contributed by atoms with Crippen LogP contribution in [0.2, 0.25) is 0 Å². The molecule has 0 saturated carbocycles. The van der Waals surface area contributed by atoms with Crippen LogP contribution in [0.5, 0.6) is 0 Å². The van der Waals surface area contributed by atoms with Crippen LogP contribution >= 0.6 is 0 Å². The number of hydrogen-bond donors (Lipinski definition) is 2. The molecule has 0 saturated heterocycles. The second-order valence-electron chi connectivity index (χ2n) is 3.54. The third kappa shape index (κ3) is 9.67. The number of hydrogen-bond acceptors (Lipinski definition) is 3. The van der Waals surface area contributed by atoms with Crippen LogP contribution < -0.4 is 10.0 Å². The van der Waals surface area contributed by atoms with Gasteiger partial charge in [-0.25, -0.2) is 17.9 Å². The standard InChI is InChI=1S/C14H18N2O3S/c1-4-6-7-8-11-15-14(17)16-20(18,19)12-9-10-13(3)5-2/h4-12H,1-2H2,3H3,(H2,15,16,17)/b7-6-,11-8+,12-9+,13-10-. The van der Waals surface area contributed by atoms with Crippen molar-refractivity contribution in [2.75, 3.05) is 0 Å². The van der Waals surface area contributed by atoms with Gasteiger partial charge in [0.05, 0.1) is 5.41 Å². The van der Waals surface area contributed by atoms with E-state index < -0.39 is 16.1 Å². The predicted molar refractivity (Wildman–Crippen MR) is 82.2 cm³/mol. The highest BCUT2D eigenvalue weighted by molar-refractivity contribution is 7.92. The van der Waals surface area contributed by atoms with Crippen molar-refractivity contribution in [3.05, 3.63) is 72.9 Å². The van der Waals surface area contributed by atoms with Crippen LogP contribution in [0.15, 0.2) is 72.9 Å². The predicted octanol–water partition coefficient (Wildman–Crippen LogP) is 2.52. The highest BCUT2D eigenvalue weighted by atomic mass is 32.2. The SMILES string of the molecule is C=C/C=C\C=C\NC(=O)NS(=O)(=O)/C=C/C=C(/C)C=C. The summed E-state index contributed by atoms with van der Waals surface area (Å²) >= 11 is 0. The Kier molecular flexibility index (Phi) is 8.45. The maximum absolute atomic E-state index is 11.5. The second-order valence-corrected chi connectivity index (χ2v) is 5.11. The van der Waals surface area contributed by atoms with Gasteiger partial charge >= 0.3 is 6.03 Å². The molecule has 0 unspecified atom stereocenters. The first-order valence-corrected chi connectivity index (χ1v) is 7.21. The zero-order chi connectivity index (χ0) is 15.4. The fraction of sp³-hybridized carbons (Fsp3) is 0.0714. The van der Waals surface area contributed by atoms with E-state index in [1.54, 1.807) is 37.3 Å². The summed E-state index contributed by atoms with van der Waals surface area (Å²) in [6.07, 6.45) is 12.1. The van der Waals surface area contributed by atoms with Gasteiger partial charge in [-0.05, 0) is 19.1 Å². The van der Waals surface area contributed by atoms with Crippen molar-refractivity contribution in [3.8, 4) is 0 Å². The molecular weight excluding hydrogens is 276 g/mol. The van der Waals surface area contributed by atoms with Gasteiger partial charge in [0, 0.05) is 6.20 Å². The van der Waals surface area contributed by atoms with Crippen LogP contribution in [0.4, 0.5) is 4.79 Å². The molecule has 0 aromatic rings. The number of rotatable bonds is 7. The van der Waals surface area contributed by atoms with Gasteiger partial charge in [0.1, 0.15) is 0 Å². The summed E-state index contributed by atoms with van der Waals surface area (Å²) in [6, 6.07) is -0.845. The van der Waals surface area contributed by atoms with Crippen LogP contribution in [0.3, 0.4) is 0 Å². The zero-order valence-corrected chi connectivity index (χ0v) is 12.1. The van der Waals surface area contributed by atoms with Crippen molar-refractivity contribution in [3.63, 3.8) is 0 Å². The molecule has 20 heavy (non-hydrogen) atoms. The summed E-state index contributed by atoms with van der Waals surface area (Å²) in [5.74, 6) is 0. The van der Waals surface area contributed by atoms with Gasteiger partial charge in [-0.2, -0.15) is 0 Å². The third-order valence-corrected chi connectivity index (χ3v) is 2.83. The van der Waals surface area contributed by atoms with Crippen molar-refractivity contribution < 1.29 is 13.2 Å². The molecule has 0 aromatic heterocycles. The molecule has 0 rings (SSSR count). The van der Waals surface area contributed by atoms with Crippen molar-refractivity contribution in [1.82, 2.24) is 10.0 Å². The molecule has 0 aliphatic carbocycles. The first-order valence-electron chi connectivity index (χ1n) is 5.66. The van der Waals surface area contributed by atoms with Crippen LogP contribution in [-0.2, 0) is 10.0 Å². The van der Waals surface area contributed by atoms with Crippen molar-refractivity contribution in [1.29, 1.82) is 0 Å². The van der Waals surface area contributed by atoms with Gasteiger partial charge in [-0.15, -0.1) is 0 Å². The monoisotopic (exact) mass is 294 g/mol. The second kappa shape index (κ2) is 9.57. The summed E-state index contributed by atoms with van der Waals surface area (Å²) in [5, 5.41) is 3.14. The van der Waals surface area contributed by atoms with E-state index in [0.717, 1.165) is 11.0 Å². The van der Waals surface area contributed by atoms with E-state index >= 15 is 0 Å². The normalized spacial score (nSPS) is 12.9. The number of carbonyl (C=O) groups excluding carboxylic acids is 1. The number of urea groups is 1. The molecule has 6 heteroatoms. The van der Waals surface area contributed by atoms with Crippen molar-refractivity contribution in [2.24, 2.45) is 0 Å². The fourth-order valence-corrected chi connectivity index (χ4v) is 1.55. The Balaban J connectivity index is 4.43. The molecule has 0 atom stereocenters. The molecular formula is C14H18N2O3S. The average molecular weight is 294 g/mol. The Morgan fingerprint density at radius 2 is 1.80 bits per heavy atom. The average Bonchev–Trinajstić information content (AvgIpc) is 2.37. The molecule has 0 radical (unpaired) electrons. The number of nitrogens with one attached hydrogen (secondary N) is 2. The highest BCUT2D eigenvalue weighted by Crippen LogP contribution is 1.95. The third-order valence-electron chi connectivity index (χ3n) is 1.84. The molecule has 108 valence electrons. The molecule has 0 fully saturated rings. The lowest BCUT2D eigenvalue weighted by atomic mass is 10.3. The van der Waals surface area contributed by atoms with Crippen LogP contribution in [0.25, 0.3) is 0 Å². The Hall–Kier alpha value is -2.34. The van der Waals surface area contributed by atoms with Gasteiger partial charge in [-0.1, -0.05) is 49.1 Å².